The minimum Gasteiger partial charge on any atom is -0.481 e. The lowest BCUT2D eigenvalue weighted by Crippen LogP contribution is -2.36. The van der Waals surface area contributed by atoms with Crippen molar-refractivity contribution in [3.8, 4) is 11.3 Å². The number of carboxylic acid groups (broad SMARTS) is 1. The summed E-state index contributed by atoms with van der Waals surface area (Å²) < 4.78 is 42.4. The molecule has 4 rings (SSSR count). The summed E-state index contributed by atoms with van der Waals surface area (Å²) in [7, 11) is 0. The van der Waals surface area contributed by atoms with E-state index in [1.54, 1.807) is 12.3 Å². The molecule has 9 nitrogen and oxygen atoms in total. The number of carbonyl (C=O) groups is 2. The number of carboxylic acids is 1. The maximum Gasteiger partial charge on any atom is 0.416 e. The van der Waals surface area contributed by atoms with Gasteiger partial charge in [-0.3, -0.25) is 19.3 Å². The van der Waals surface area contributed by atoms with Gasteiger partial charge in [0.1, 0.15) is 5.69 Å². The van der Waals surface area contributed by atoms with Crippen LogP contribution in [0.3, 0.4) is 0 Å². The Kier molecular flexibility index (Phi) is 6.72. The van der Waals surface area contributed by atoms with Crippen molar-refractivity contribution in [1.29, 1.82) is 0 Å². The number of nitrogen functional groups attached to an aromatic ring is 1. The molecule has 1 aromatic carbocycles. The number of nitrogens with two attached hydrogens (primary N) is 1. The molecule has 0 spiro atoms. The second-order valence-electron chi connectivity index (χ2n) is 8.32. The Morgan fingerprint density at radius 1 is 1.17 bits per heavy atom. The Bertz CT molecular complexity index is 1260. The van der Waals surface area contributed by atoms with E-state index < -0.39 is 23.6 Å². The Morgan fingerprint density at radius 3 is 2.71 bits per heavy atom. The monoisotopic (exact) mass is 488 g/mol. The number of fused-ring (bicyclic) bond motifs is 1. The van der Waals surface area contributed by atoms with E-state index in [9.17, 15) is 22.8 Å². The highest BCUT2D eigenvalue weighted by Gasteiger charge is 2.33. The first kappa shape index (κ1) is 24.2. The molecule has 1 amide bonds. The zero-order valence-corrected chi connectivity index (χ0v) is 18.6. The van der Waals surface area contributed by atoms with Crippen LogP contribution in [-0.2, 0) is 30.5 Å². The molecule has 0 aliphatic carbocycles. The summed E-state index contributed by atoms with van der Waals surface area (Å²) in [5.41, 5.74) is 7.18. The third-order valence-electron chi connectivity index (χ3n) is 5.81. The molecule has 0 unspecified atom stereocenters. The van der Waals surface area contributed by atoms with E-state index in [0.717, 1.165) is 17.8 Å². The molecule has 2 aromatic heterocycles. The number of aromatic nitrogens is 4. The van der Waals surface area contributed by atoms with Gasteiger partial charge in [-0.05, 0) is 37.1 Å². The summed E-state index contributed by atoms with van der Waals surface area (Å²) in [6.45, 7) is 0.833. The van der Waals surface area contributed by atoms with E-state index in [-0.39, 0.29) is 29.8 Å². The van der Waals surface area contributed by atoms with Crippen molar-refractivity contribution < 1.29 is 27.9 Å². The molecular weight excluding hydrogens is 465 g/mol. The maximum absolute atomic E-state index is 13.7. The quantitative estimate of drug-likeness (QED) is 0.488. The number of anilines is 1. The van der Waals surface area contributed by atoms with Crippen LogP contribution in [0.1, 0.15) is 46.4 Å². The first-order chi connectivity index (χ1) is 16.6. The van der Waals surface area contributed by atoms with Crippen molar-refractivity contribution in [2.75, 3.05) is 12.3 Å². The number of benzene rings is 1. The Hall–Kier alpha value is -3.96. The van der Waals surface area contributed by atoms with Gasteiger partial charge in [-0.15, -0.1) is 5.10 Å². The SMILES string of the molecule is Nc1ccnc2c1CN(C(=O)c1cc(-c3cn(CCCCC(=O)O)nn3)cc(C(F)(F)F)c1)CC2. The summed E-state index contributed by atoms with van der Waals surface area (Å²) >= 11 is 0. The third-order valence-corrected chi connectivity index (χ3v) is 5.81. The van der Waals surface area contributed by atoms with Crippen molar-refractivity contribution >= 4 is 17.6 Å². The van der Waals surface area contributed by atoms with Crippen LogP contribution in [0.4, 0.5) is 18.9 Å². The van der Waals surface area contributed by atoms with Crippen LogP contribution in [0.15, 0.2) is 36.7 Å². The van der Waals surface area contributed by atoms with E-state index in [1.807, 2.05) is 0 Å². The number of aryl methyl sites for hydroxylation is 1. The molecule has 0 radical (unpaired) electrons. The van der Waals surface area contributed by atoms with Gasteiger partial charge >= 0.3 is 12.1 Å². The average Bonchev–Trinajstić information content (AvgIpc) is 3.29. The van der Waals surface area contributed by atoms with Crippen LogP contribution in [0.5, 0.6) is 0 Å². The second-order valence-corrected chi connectivity index (χ2v) is 8.32. The second kappa shape index (κ2) is 9.72. The van der Waals surface area contributed by atoms with Crippen molar-refractivity contribution in [2.45, 2.75) is 44.9 Å². The molecule has 0 fully saturated rings. The van der Waals surface area contributed by atoms with Crippen LogP contribution < -0.4 is 5.73 Å². The highest BCUT2D eigenvalue weighted by Crippen LogP contribution is 2.34. The lowest BCUT2D eigenvalue weighted by molar-refractivity contribution is -0.138. The molecule has 0 saturated heterocycles. The zero-order chi connectivity index (χ0) is 25.2. The third kappa shape index (κ3) is 5.58. The smallest absolute Gasteiger partial charge is 0.416 e. The van der Waals surface area contributed by atoms with Gasteiger partial charge in [-0.25, -0.2) is 0 Å². The Morgan fingerprint density at radius 2 is 1.97 bits per heavy atom. The van der Waals surface area contributed by atoms with Crippen LogP contribution in [0, 0.1) is 0 Å². The molecule has 3 N–H and O–H groups in total. The van der Waals surface area contributed by atoms with Gasteiger partial charge < -0.3 is 15.7 Å². The summed E-state index contributed by atoms with van der Waals surface area (Å²) in [5.74, 6) is -1.45. The molecule has 1 aliphatic heterocycles. The molecule has 12 heteroatoms. The zero-order valence-electron chi connectivity index (χ0n) is 18.6. The first-order valence-corrected chi connectivity index (χ1v) is 11.0. The molecule has 3 aromatic rings. The fraction of sp³-hybridized carbons (Fsp3) is 0.348. The van der Waals surface area contributed by atoms with Crippen molar-refractivity contribution in [2.24, 2.45) is 0 Å². The molecule has 35 heavy (non-hydrogen) atoms. The van der Waals surface area contributed by atoms with Gasteiger partial charge in [0.25, 0.3) is 5.91 Å². The van der Waals surface area contributed by atoms with Gasteiger partial charge in [0.05, 0.1) is 11.8 Å². The summed E-state index contributed by atoms with van der Waals surface area (Å²) in [6.07, 6.45) is -0.169. The number of nitrogens with zero attached hydrogens (tertiary/aromatic N) is 5. The first-order valence-electron chi connectivity index (χ1n) is 11.0. The highest BCUT2D eigenvalue weighted by molar-refractivity contribution is 5.96. The number of pyridine rings is 1. The molecule has 3 heterocycles. The minimum absolute atomic E-state index is 0.0172. The van der Waals surface area contributed by atoms with Gasteiger partial charge in [0.15, 0.2) is 0 Å². The number of aliphatic carboxylic acids is 1. The number of rotatable bonds is 7. The molecule has 0 bridgehead atoms. The van der Waals surface area contributed by atoms with E-state index in [1.165, 1.54) is 21.8 Å². The Balaban J connectivity index is 1.59. The van der Waals surface area contributed by atoms with Crippen LogP contribution in [-0.4, -0.2) is 48.4 Å². The molecular formula is C23H23F3N6O3. The molecule has 0 atom stereocenters. The van der Waals surface area contributed by atoms with Gasteiger partial charge in [0.2, 0.25) is 0 Å². The largest absolute Gasteiger partial charge is 0.481 e. The van der Waals surface area contributed by atoms with E-state index in [0.29, 0.717) is 43.6 Å². The van der Waals surface area contributed by atoms with E-state index in [2.05, 4.69) is 15.3 Å². The van der Waals surface area contributed by atoms with Gasteiger partial charge in [-0.1, -0.05) is 5.21 Å². The van der Waals surface area contributed by atoms with E-state index >= 15 is 0 Å². The van der Waals surface area contributed by atoms with Crippen molar-refractivity contribution in [3.63, 3.8) is 0 Å². The normalized spacial score (nSPS) is 13.5. The number of hydrogen-bond acceptors (Lipinski definition) is 6. The van der Waals surface area contributed by atoms with E-state index in [4.69, 9.17) is 10.8 Å². The van der Waals surface area contributed by atoms with Gasteiger partial charge in [-0.2, -0.15) is 13.2 Å². The molecule has 0 saturated carbocycles. The standard InChI is InChI=1S/C23H23F3N6O3/c24-23(25,26)16-10-14(20-13-32(30-29-20)7-2-1-3-21(33)34)9-15(11-16)22(35)31-8-5-19-17(12-31)18(27)4-6-28-19/h4,6,9-11,13H,1-3,5,7-8,12H2,(H2,27,28)(H,33,34). The Labute approximate surface area is 198 Å². The number of halogens is 3. The predicted molar refractivity (Wildman–Crippen MR) is 119 cm³/mol. The number of carbonyl (C=O) groups excluding carboxylic acids is 1. The number of unbranched alkanes of at least 4 members (excludes halogenated alkanes) is 1. The van der Waals surface area contributed by atoms with Crippen molar-refractivity contribution in [1.82, 2.24) is 24.9 Å². The number of hydrogen-bond donors (Lipinski definition) is 2. The summed E-state index contributed by atoms with van der Waals surface area (Å²) in [6, 6.07) is 4.77. The van der Waals surface area contributed by atoms with Crippen molar-refractivity contribution in [3.05, 3.63) is 59.0 Å². The summed E-state index contributed by atoms with van der Waals surface area (Å²) in [4.78, 5) is 29.6. The summed E-state index contributed by atoms with van der Waals surface area (Å²) in [5, 5.41) is 16.6. The molecule has 184 valence electrons. The van der Waals surface area contributed by atoms with Gasteiger partial charge in [0, 0.05) is 66.7 Å². The average molecular weight is 488 g/mol. The number of amides is 1. The lowest BCUT2D eigenvalue weighted by atomic mass is 10.00. The van der Waals surface area contributed by atoms with Crippen LogP contribution >= 0.6 is 0 Å². The maximum atomic E-state index is 13.7. The highest BCUT2D eigenvalue weighted by atomic mass is 19.4. The predicted octanol–water partition coefficient (Wildman–Crippen LogP) is 3.39. The fourth-order valence-corrected chi connectivity index (χ4v) is 3.97. The number of alkyl halides is 3. The van der Waals surface area contributed by atoms with Crippen LogP contribution in [0.25, 0.3) is 11.3 Å². The lowest BCUT2D eigenvalue weighted by Gasteiger charge is -2.29. The van der Waals surface area contributed by atoms with Crippen LogP contribution in [0.2, 0.25) is 0 Å². The molecule has 1 aliphatic rings. The topological polar surface area (TPSA) is 127 Å². The fourth-order valence-electron chi connectivity index (χ4n) is 3.97. The minimum atomic E-state index is -4.67.